The standard InChI is InChI=1S/C21H22N2O4S2/c1-13-9-14(2)20(15(3)10-13)18-12-28-21(22-18)23-19(24)11-27-16-5-7-17(8-6-16)29(4,25)26/h5-10,12H,11H2,1-4H3,(H,22,23,24). The predicted molar refractivity (Wildman–Crippen MR) is 115 cm³/mol. The van der Waals surface area contributed by atoms with Gasteiger partial charge in [-0.15, -0.1) is 11.3 Å². The van der Waals surface area contributed by atoms with Crippen molar-refractivity contribution in [2.75, 3.05) is 18.2 Å². The molecular formula is C21H22N2O4S2. The number of thiazole rings is 1. The number of sulfone groups is 1. The lowest BCUT2D eigenvalue weighted by atomic mass is 9.98. The summed E-state index contributed by atoms with van der Waals surface area (Å²) in [5.41, 5.74) is 5.40. The second-order valence-corrected chi connectivity index (χ2v) is 9.77. The molecule has 1 heterocycles. The summed E-state index contributed by atoms with van der Waals surface area (Å²) in [4.78, 5) is 16.9. The molecule has 0 fully saturated rings. The third kappa shape index (κ3) is 5.21. The number of carbonyl (C=O) groups is 1. The van der Waals surface area contributed by atoms with E-state index in [4.69, 9.17) is 4.74 Å². The molecule has 0 saturated carbocycles. The molecule has 3 aromatic rings. The lowest BCUT2D eigenvalue weighted by molar-refractivity contribution is -0.118. The number of rotatable bonds is 6. The molecule has 0 aliphatic heterocycles. The zero-order valence-corrected chi connectivity index (χ0v) is 18.3. The minimum Gasteiger partial charge on any atom is -0.484 e. The predicted octanol–water partition coefficient (Wildman–Crippen LogP) is 4.16. The van der Waals surface area contributed by atoms with Crippen LogP contribution in [0.25, 0.3) is 11.3 Å². The van der Waals surface area contributed by atoms with Gasteiger partial charge < -0.3 is 4.74 Å². The average Bonchev–Trinajstić information content (AvgIpc) is 3.06. The van der Waals surface area contributed by atoms with Gasteiger partial charge in [-0.1, -0.05) is 17.7 Å². The van der Waals surface area contributed by atoms with Gasteiger partial charge in [-0.2, -0.15) is 0 Å². The molecule has 0 aliphatic carbocycles. The summed E-state index contributed by atoms with van der Waals surface area (Å²) in [5, 5.41) is 5.16. The van der Waals surface area contributed by atoms with Gasteiger partial charge in [-0.05, 0) is 56.2 Å². The molecule has 0 aliphatic rings. The highest BCUT2D eigenvalue weighted by Gasteiger charge is 2.13. The molecule has 2 aromatic carbocycles. The molecular weight excluding hydrogens is 408 g/mol. The fourth-order valence-electron chi connectivity index (χ4n) is 3.12. The van der Waals surface area contributed by atoms with E-state index in [2.05, 4.69) is 43.2 Å². The van der Waals surface area contributed by atoms with E-state index >= 15 is 0 Å². The Hall–Kier alpha value is -2.71. The highest BCUT2D eigenvalue weighted by Crippen LogP contribution is 2.31. The first kappa shape index (κ1) is 21.0. The number of hydrogen-bond donors (Lipinski definition) is 1. The Kier molecular flexibility index (Phi) is 6.04. The van der Waals surface area contributed by atoms with Gasteiger partial charge in [0.25, 0.3) is 5.91 Å². The molecule has 8 heteroatoms. The minimum atomic E-state index is -3.26. The lowest BCUT2D eigenvalue weighted by Gasteiger charge is -2.09. The molecule has 1 aromatic heterocycles. The maximum Gasteiger partial charge on any atom is 0.264 e. The number of nitrogens with one attached hydrogen (secondary N) is 1. The molecule has 6 nitrogen and oxygen atoms in total. The van der Waals surface area contributed by atoms with Crippen molar-refractivity contribution in [2.45, 2.75) is 25.7 Å². The second kappa shape index (κ2) is 8.34. The number of nitrogens with zero attached hydrogens (tertiary/aromatic N) is 1. The van der Waals surface area contributed by atoms with Crippen LogP contribution in [0, 0.1) is 20.8 Å². The van der Waals surface area contributed by atoms with E-state index in [-0.39, 0.29) is 17.4 Å². The first-order valence-electron chi connectivity index (χ1n) is 8.90. The van der Waals surface area contributed by atoms with Crippen molar-refractivity contribution in [3.05, 3.63) is 58.5 Å². The fraction of sp³-hybridized carbons (Fsp3) is 0.238. The summed E-state index contributed by atoms with van der Waals surface area (Å²) in [5.74, 6) is 0.0775. The molecule has 0 spiro atoms. The lowest BCUT2D eigenvalue weighted by Crippen LogP contribution is -2.20. The van der Waals surface area contributed by atoms with Crippen molar-refractivity contribution < 1.29 is 17.9 Å². The Morgan fingerprint density at radius 3 is 2.31 bits per heavy atom. The molecule has 0 unspecified atom stereocenters. The summed E-state index contributed by atoms with van der Waals surface area (Å²) in [6.07, 6.45) is 1.14. The largest absolute Gasteiger partial charge is 0.484 e. The first-order chi connectivity index (χ1) is 13.6. The van der Waals surface area contributed by atoms with E-state index in [0.717, 1.165) is 28.6 Å². The van der Waals surface area contributed by atoms with E-state index < -0.39 is 9.84 Å². The topological polar surface area (TPSA) is 85.4 Å². The van der Waals surface area contributed by atoms with E-state index in [1.807, 2.05) is 5.38 Å². The molecule has 29 heavy (non-hydrogen) atoms. The van der Waals surface area contributed by atoms with Crippen LogP contribution in [0.2, 0.25) is 0 Å². The fourth-order valence-corrected chi connectivity index (χ4v) is 4.47. The SMILES string of the molecule is Cc1cc(C)c(-c2csc(NC(=O)COc3ccc(S(C)(=O)=O)cc3)n2)c(C)c1. The Morgan fingerprint density at radius 2 is 1.72 bits per heavy atom. The van der Waals surface area contributed by atoms with Crippen LogP contribution in [-0.4, -0.2) is 32.2 Å². The summed E-state index contributed by atoms with van der Waals surface area (Å²) in [6.45, 7) is 5.96. The number of hydrogen-bond acceptors (Lipinski definition) is 6. The summed E-state index contributed by atoms with van der Waals surface area (Å²) in [6, 6.07) is 10.2. The Labute approximate surface area is 174 Å². The van der Waals surface area contributed by atoms with E-state index in [0.29, 0.717) is 10.9 Å². The molecule has 0 saturated heterocycles. The number of anilines is 1. The minimum absolute atomic E-state index is 0.199. The molecule has 1 amide bonds. The summed E-state index contributed by atoms with van der Waals surface area (Å²) in [7, 11) is -3.26. The van der Waals surface area contributed by atoms with Gasteiger partial charge in [-0.25, -0.2) is 13.4 Å². The van der Waals surface area contributed by atoms with Gasteiger partial charge in [0.1, 0.15) is 5.75 Å². The third-order valence-corrected chi connectivity index (χ3v) is 6.19. The number of benzene rings is 2. The second-order valence-electron chi connectivity index (χ2n) is 6.89. The van der Waals surface area contributed by atoms with Crippen molar-refractivity contribution in [2.24, 2.45) is 0 Å². The molecule has 0 bridgehead atoms. The summed E-state index contributed by atoms with van der Waals surface area (Å²) >= 11 is 1.36. The molecule has 3 rings (SSSR count). The van der Waals surface area contributed by atoms with Crippen LogP contribution < -0.4 is 10.1 Å². The number of amides is 1. The van der Waals surface area contributed by atoms with Crippen LogP contribution in [-0.2, 0) is 14.6 Å². The zero-order chi connectivity index (χ0) is 21.2. The van der Waals surface area contributed by atoms with Gasteiger partial charge in [0, 0.05) is 17.2 Å². The van der Waals surface area contributed by atoms with Crippen LogP contribution in [0.15, 0.2) is 46.7 Å². The quantitative estimate of drug-likeness (QED) is 0.635. The summed E-state index contributed by atoms with van der Waals surface area (Å²) < 4.78 is 28.4. The van der Waals surface area contributed by atoms with Crippen molar-refractivity contribution in [3.8, 4) is 17.0 Å². The zero-order valence-electron chi connectivity index (χ0n) is 16.6. The van der Waals surface area contributed by atoms with Crippen LogP contribution in [0.3, 0.4) is 0 Å². The Bertz CT molecular complexity index is 1130. The Balaban J connectivity index is 1.62. The van der Waals surface area contributed by atoms with Crippen molar-refractivity contribution in [1.82, 2.24) is 4.98 Å². The smallest absolute Gasteiger partial charge is 0.264 e. The van der Waals surface area contributed by atoms with Crippen LogP contribution in [0.4, 0.5) is 5.13 Å². The number of ether oxygens (including phenoxy) is 1. The molecule has 0 radical (unpaired) electrons. The van der Waals surface area contributed by atoms with E-state index in [1.54, 1.807) is 0 Å². The number of aromatic nitrogens is 1. The van der Waals surface area contributed by atoms with E-state index in [1.165, 1.54) is 41.2 Å². The van der Waals surface area contributed by atoms with Crippen LogP contribution >= 0.6 is 11.3 Å². The van der Waals surface area contributed by atoms with Crippen molar-refractivity contribution in [1.29, 1.82) is 0 Å². The van der Waals surface area contributed by atoms with Crippen molar-refractivity contribution >= 4 is 32.2 Å². The van der Waals surface area contributed by atoms with Crippen LogP contribution in [0.1, 0.15) is 16.7 Å². The van der Waals surface area contributed by atoms with Crippen LogP contribution in [0.5, 0.6) is 5.75 Å². The molecule has 1 N–H and O–H groups in total. The Morgan fingerprint density at radius 1 is 1.10 bits per heavy atom. The van der Waals surface area contributed by atoms with Gasteiger partial charge in [0.15, 0.2) is 21.6 Å². The first-order valence-corrected chi connectivity index (χ1v) is 11.7. The molecule has 0 atom stereocenters. The van der Waals surface area contributed by atoms with Gasteiger partial charge in [0.05, 0.1) is 10.6 Å². The maximum atomic E-state index is 12.2. The highest BCUT2D eigenvalue weighted by atomic mass is 32.2. The monoisotopic (exact) mass is 430 g/mol. The number of carbonyl (C=O) groups excluding carboxylic acids is 1. The normalized spacial score (nSPS) is 11.3. The van der Waals surface area contributed by atoms with E-state index in [9.17, 15) is 13.2 Å². The van der Waals surface area contributed by atoms with Gasteiger partial charge in [0.2, 0.25) is 0 Å². The highest BCUT2D eigenvalue weighted by molar-refractivity contribution is 7.90. The molecule has 152 valence electrons. The van der Waals surface area contributed by atoms with Crippen molar-refractivity contribution in [3.63, 3.8) is 0 Å². The van der Waals surface area contributed by atoms with Gasteiger partial charge >= 0.3 is 0 Å². The number of aryl methyl sites for hydroxylation is 3. The average molecular weight is 431 g/mol. The van der Waals surface area contributed by atoms with Gasteiger partial charge in [-0.3, -0.25) is 10.1 Å². The third-order valence-electron chi connectivity index (χ3n) is 4.31. The maximum absolute atomic E-state index is 12.2.